The molecular formula is C28H21BrClN5O3. The molecule has 6 rings (SSSR count). The van der Waals surface area contributed by atoms with Crippen molar-refractivity contribution in [1.82, 2.24) is 19.7 Å². The average molecular weight is 591 g/mol. The summed E-state index contributed by atoms with van der Waals surface area (Å²) in [6, 6.07) is 17.0. The zero-order valence-corrected chi connectivity index (χ0v) is 22.6. The molecule has 38 heavy (non-hydrogen) atoms. The number of nitrogens with zero attached hydrogens (tertiary/aromatic N) is 5. The highest BCUT2D eigenvalue weighted by atomic mass is 79.9. The van der Waals surface area contributed by atoms with Crippen LogP contribution in [0, 0.1) is 0 Å². The Morgan fingerprint density at radius 1 is 1.08 bits per heavy atom. The Balaban J connectivity index is 1.36. The van der Waals surface area contributed by atoms with Gasteiger partial charge in [-0.15, -0.1) is 0 Å². The normalized spacial score (nSPS) is 18.4. The van der Waals surface area contributed by atoms with Gasteiger partial charge in [-0.3, -0.25) is 14.6 Å². The highest BCUT2D eigenvalue weighted by molar-refractivity contribution is 9.10. The Kier molecular flexibility index (Phi) is 6.43. The zero-order valence-electron chi connectivity index (χ0n) is 20.2. The monoisotopic (exact) mass is 589 g/mol. The van der Waals surface area contributed by atoms with Crippen molar-refractivity contribution in [2.75, 3.05) is 6.54 Å². The minimum Gasteiger partial charge on any atom is -0.341 e. The van der Waals surface area contributed by atoms with Crippen molar-refractivity contribution in [3.63, 3.8) is 0 Å². The Labute approximate surface area is 231 Å². The number of carbonyl (C=O) groups excluding carboxylic acids is 2. The highest BCUT2D eigenvalue weighted by Gasteiger charge is 2.40. The van der Waals surface area contributed by atoms with Gasteiger partial charge in [0.05, 0.1) is 21.8 Å². The van der Waals surface area contributed by atoms with Crippen molar-refractivity contribution in [2.24, 2.45) is 4.99 Å². The van der Waals surface area contributed by atoms with Crippen LogP contribution in [0.2, 0.25) is 5.02 Å². The standard InChI is InChI=1S/C28H21BrClN5O3/c1-16-27(37)34(11-10-17-2-8-23-18(12-17)13-25(36)32-23)28(38-16)22-15-35(21-6-3-19(29)4-7-21)33-26(22)24-9-5-20(30)14-31-24/h2-9,12-16,28H,10-11H2,1H3/t16-,28+/m0/s1. The number of carbonyl (C=O) groups is 2. The molecule has 4 heterocycles. The third-order valence-electron chi connectivity index (χ3n) is 6.56. The van der Waals surface area contributed by atoms with Gasteiger partial charge in [-0.25, -0.2) is 9.67 Å². The first-order valence-corrected chi connectivity index (χ1v) is 13.2. The van der Waals surface area contributed by atoms with Crippen LogP contribution < -0.4 is 10.6 Å². The minimum absolute atomic E-state index is 0.0979. The van der Waals surface area contributed by atoms with Crippen LogP contribution in [0.15, 0.2) is 76.5 Å². The number of aromatic nitrogens is 3. The average Bonchev–Trinajstić information content (AvgIpc) is 3.58. The molecule has 2 aromatic carbocycles. The SMILES string of the molecule is C[C@@H]1O[C@H](c2cn(-c3ccc(Br)cc3)nc2-c2ccc(Cl)cn2)N(CCc2ccc3c(c2)=CC(=O)N=3)C1=O. The first kappa shape index (κ1) is 24.7. The maximum Gasteiger partial charge on any atom is 0.270 e. The van der Waals surface area contributed by atoms with Crippen molar-refractivity contribution in [2.45, 2.75) is 25.7 Å². The van der Waals surface area contributed by atoms with Gasteiger partial charge in [0.1, 0.15) is 11.8 Å². The number of benzene rings is 2. The van der Waals surface area contributed by atoms with E-state index in [0.29, 0.717) is 34.7 Å². The van der Waals surface area contributed by atoms with E-state index in [9.17, 15) is 9.59 Å². The lowest BCUT2D eigenvalue weighted by molar-refractivity contribution is -0.130. The summed E-state index contributed by atoms with van der Waals surface area (Å²) in [7, 11) is 0. The largest absolute Gasteiger partial charge is 0.341 e. The molecule has 0 radical (unpaired) electrons. The molecule has 4 aromatic rings. The Morgan fingerprint density at radius 2 is 1.89 bits per heavy atom. The van der Waals surface area contributed by atoms with Gasteiger partial charge in [0.15, 0.2) is 6.23 Å². The minimum atomic E-state index is -0.647. The van der Waals surface area contributed by atoms with Crippen molar-refractivity contribution >= 4 is 45.4 Å². The van der Waals surface area contributed by atoms with Gasteiger partial charge in [-0.05, 0) is 67.4 Å². The summed E-state index contributed by atoms with van der Waals surface area (Å²) < 4.78 is 8.92. The van der Waals surface area contributed by atoms with Gasteiger partial charge < -0.3 is 9.64 Å². The van der Waals surface area contributed by atoms with E-state index in [1.54, 1.807) is 34.8 Å². The fourth-order valence-electron chi connectivity index (χ4n) is 4.66. The van der Waals surface area contributed by atoms with Crippen LogP contribution in [0.4, 0.5) is 0 Å². The molecule has 2 aliphatic heterocycles. The maximum absolute atomic E-state index is 13.2. The second-order valence-electron chi connectivity index (χ2n) is 9.12. The summed E-state index contributed by atoms with van der Waals surface area (Å²) >= 11 is 9.56. The smallest absolute Gasteiger partial charge is 0.270 e. The molecule has 2 atom stereocenters. The molecule has 0 unspecified atom stereocenters. The van der Waals surface area contributed by atoms with Crippen LogP contribution in [0.1, 0.15) is 24.3 Å². The summed E-state index contributed by atoms with van der Waals surface area (Å²) in [6.07, 6.45) is 4.31. The Morgan fingerprint density at radius 3 is 2.66 bits per heavy atom. The van der Waals surface area contributed by atoms with Crippen LogP contribution in [-0.2, 0) is 20.7 Å². The van der Waals surface area contributed by atoms with Gasteiger partial charge in [0.2, 0.25) is 0 Å². The van der Waals surface area contributed by atoms with Crippen LogP contribution in [0.3, 0.4) is 0 Å². The number of rotatable bonds is 6. The third-order valence-corrected chi connectivity index (χ3v) is 7.31. The van der Waals surface area contributed by atoms with E-state index in [0.717, 1.165) is 26.5 Å². The van der Waals surface area contributed by atoms with Crippen LogP contribution in [-0.4, -0.2) is 44.1 Å². The van der Waals surface area contributed by atoms with E-state index >= 15 is 0 Å². The van der Waals surface area contributed by atoms with Crippen molar-refractivity contribution in [3.8, 4) is 17.1 Å². The van der Waals surface area contributed by atoms with Crippen molar-refractivity contribution in [3.05, 3.63) is 98.2 Å². The predicted molar refractivity (Wildman–Crippen MR) is 145 cm³/mol. The molecule has 190 valence electrons. The number of amides is 2. The van der Waals surface area contributed by atoms with Gasteiger partial charge in [-0.2, -0.15) is 5.10 Å². The molecule has 2 amide bonds. The fourth-order valence-corrected chi connectivity index (χ4v) is 5.04. The predicted octanol–water partition coefficient (Wildman–Crippen LogP) is 3.78. The molecule has 0 bridgehead atoms. The molecule has 0 spiro atoms. The molecule has 0 N–H and O–H groups in total. The van der Waals surface area contributed by atoms with E-state index in [4.69, 9.17) is 21.4 Å². The Bertz CT molecular complexity index is 1690. The second kappa shape index (κ2) is 9.90. The summed E-state index contributed by atoms with van der Waals surface area (Å²) in [4.78, 5) is 35.0. The first-order valence-electron chi connectivity index (χ1n) is 12.0. The zero-order chi connectivity index (χ0) is 26.4. The quantitative estimate of drug-likeness (QED) is 0.341. The van der Waals surface area contributed by atoms with E-state index in [1.165, 1.54) is 6.08 Å². The molecule has 8 nitrogen and oxygen atoms in total. The summed E-state index contributed by atoms with van der Waals surface area (Å²) in [5, 5.41) is 6.83. The number of hydrogen-bond acceptors (Lipinski definition) is 5. The summed E-state index contributed by atoms with van der Waals surface area (Å²) in [6.45, 7) is 2.18. The van der Waals surface area contributed by atoms with Gasteiger partial charge in [0.25, 0.3) is 11.8 Å². The van der Waals surface area contributed by atoms with Gasteiger partial charge in [-0.1, -0.05) is 33.6 Å². The summed E-state index contributed by atoms with van der Waals surface area (Å²) in [5.41, 5.74) is 3.81. The molecule has 2 aromatic heterocycles. The maximum atomic E-state index is 13.2. The lowest BCUT2D eigenvalue weighted by Gasteiger charge is -2.23. The molecular weight excluding hydrogens is 570 g/mol. The van der Waals surface area contributed by atoms with E-state index in [1.807, 2.05) is 48.7 Å². The molecule has 10 heteroatoms. The Hall–Kier alpha value is -3.66. The van der Waals surface area contributed by atoms with Gasteiger partial charge in [0, 0.05) is 40.3 Å². The lowest BCUT2D eigenvalue weighted by Crippen LogP contribution is -2.32. The topological polar surface area (TPSA) is 89.7 Å². The number of pyridine rings is 1. The number of fused-ring (bicyclic) bond motifs is 1. The summed E-state index contributed by atoms with van der Waals surface area (Å²) in [5.74, 6) is -0.348. The number of halogens is 2. The third kappa shape index (κ3) is 4.69. The van der Waals surface area contributed by atoms with E-state index in [2.05, 4.69) is 25.9 Å². The molecule has 0 saturated carbocycles. The van der Waals surface area contributed by atoms with Crippen molar-refractivity contribution in [1.29, 1.82) is 0 Å². The molecule has 1 fully saturated rings. The lowest BCUT2D eigenvalue weighted by atomic mass is 10.1. The van der Waals surface area contributed by atoms with E-state index < -0.39 is 12.3 Å². The molecule has 0 aliphatic carbocycles. The van der Waals surface area contributed by atoms with Gasteiger partial charge >= 0.3 is 0 Å². The number of ether oxygens (including phenoxy) is 1. The van der Waals surface area contributed by atoms with Crippen LogP contribution in [0.25, 0.3) is 23.2 Å². The molecule has 2 aliphatic rings. The first-order chi connectivity index (χ1) is 18.4. The van der Waals surface area contributed by atoms with Crippen molar-refractivity contribution < 1.29 is 14.3 Å². The van der Waals surface area contributed by atoms with E-state index in [-0.39, 0.29) is 11.8 Å². The molecule has 1 saturated heterocycles. The highest BCUT2D eigenvalue weighted by Crippen LogP contribution is 2.37. The second-order valence-corrected chi connectivity index (χ2v) is 10.5. The van der Waals surface area contributed by atoms with Crippen LogP contribution in [0.5, 0.6) is 0 Å². The number of hydrogen-bond donors (Lipinski definition) is 0. The fraction of sp³-hybridized carbons (Fsp3) is 0.179. The van der Waals surface area contributed by atoms with Crippen LogP contribution >= 0.6 is 27.5 Å².